The Morgan fingerprint density at radius 3 is 2.50 bits per heavy atom. The summed E-state index contributed by atoms with van der Waals surface area (Å²) >= 11 is 5.48. The fourth-order valence-electron chi connectivity index (χ4n) is 2.44. The Morgan fingerprint density at radius 2 is 1.75 bits per heavy atom. The minimum absolute atomic E-state index is 0.675. The molecule has 0 amide bonds. The number of benzene rings is 2. The molecule has 4 heteroatoms. The number of methoxy groups -OCH3 is 1. The second kappa shape index (κ2) is 4.80. The van der Waals surface area contributed by atoms with Gasteiger partial charge in [-0.05, 0) is 61.5 Å². The quantitative estimate of drug-likeness (QED) is 0.710. The maximum absolute atomic E-state index is 5.48. The van der Waals surface area contributed by atoms with Crippen LogP contribution in [-0.2, 0) is 0 Å². The molecule has 0 spiro atoms. The Labute approximate surface area is 122 Å². The van der Waals surface area contributed by atoms with E-state index in [1.807, 2.05) is 16.7 Å². The molecule has 3 aromatic rings. The van der Waals surface area contributed by atoms with Crippen molar-refractivity contribution in [1.82, 2.24) is 9.55 Å². The van der Waals surface area contributed by atoms with E-state index in [-0.39, 0.29) is 0 Å². The van der Waals surface area contributed by atoms with E-state index in [4.69, 9.17) is 17.0 Å². The van der Waals surface area contributed by atoms with E-state index < -0.39 is 0 Å². The molecule has 0 unspecified atom stereocenters. The van der Waals surface area contributed by atoms with Crippen LogP contribution in [0.25, 0.3) is 16.7 Å². The predicted octanol–water partition coefficient (Wildman–Crippen LogP) is 4.31. The van der Waals surface area contributed by atoms with Crippen LogP contribution in [0.4, 0.5) is 0 Å². The van der Waals surface area contributed by atoms with Gasteiger partial charge in [0.05, 0.1) is 23.8 Å². The van der Waals surface area contributed by atoms with Crippen molar-refractivity contribution in [3.63, 3.8) is 0 Å². The number of fused-ring (bicyclic) bond motifs is 1. The molecule has 1 heterocycles. The summed E-state index contributed by atoms with van der Waals surface area (Å²) in [5, 5.41) is 0. The summed E-state index contributed by atoms with van der Waals surface area (Å²) in [6.07, 6.45) is 0. The van der Waals surface area contributed by atoms with Crippen LogP contribution < -0.4 is 4.74 Å². The molecule has 2 aromatic carbocycles. The van der Waals surface area contributed by atoms with E-state index in [9.17, 15) is 0 Å². The third kappa shape index (κ3) is 2.02. The zero-order valence-electron chi connectivity index (χ0n) is 11.7. The summed E-state index contributed by atoms with van der Waals surface area (Å²) in [6, 6.07) is 12.4. The molecule has 102 valence electrons. The van der Waals surface area contributed by atoms with Gasteiger partial charge in [-0.25, -0.2) is 0 Å². The predicted molar refractivity (Wildman–Crippen MR) is 84.5 cm³/mol. The van der Waals surface area contributed by atoms with Gasteiger partial charge in [0.1, 0.15) is 5.75 Å². The zero-order chi connectivity index (χ0) is 14.3. The van der Waals surface area contributed by atoms with Crippen molar-refractivity contribution in [2.45, 2.75) is 13.8 Å². The van der Waals surface area contributed by atoms with Gasteiger partial charge in [-0.3, -0.25) is 4.57 Å². The van der Waals surface area contributed by atoms with Crippen molar-refractivity contribution >= 4 is 23.3 Å². The zero-order valence-corrected chi connectivity index (χ0v) is 12.5. The fraction of sp³-hybridized carbons (Fsp3) is 0.188. The lowest BCUT2D eigenvalue weighted by Crippen LogP contribution is -1.98. The number of hydrogen-bond acceptors (Lipinski definition) is 2. The van der Waals surface area contributed by atoms with Crippen LogP contribution in [0.15, 0.2) is 36.4 Å². The van der Waals surface area contributed by atoms with E-state index in [0.717, 1.165) is 22.5 Å². The highest BCUT2D eigenvalue weighted by Crippen LogP contribution is 2.28. The first kappa shape index (κ1) is 12.9. The molecule has 0 aliphatic rings. The van der Waals surface area contributed by atoms with Crippen LogP contribution in [0.1, 0.15) is 11.1 Å². The summed E-state index contributed by atoms with van der Waals surface area (Å²) in [6.45, 7) is 4.13. The van der Waals surface area contributed by atoms with Crippen LogP contribution in [-0.4, -0.2) is 16.7 Å². The highest BCUT2D eigenvalue weighted by atomic mass is 32.1. The maximum Gasteiger partial charge on any atom is 0.182 e. The standard InChI is InChI=1S/C16H16N2OS/c1-10-4-6-13-12(8-10)17-16(20)18(13)14-9-11(2)5-7-15(14)19-3/h4-9H,1-3H3,(H,17,20). The van der Waals surface area contributed by atoms with Crippen LogP contribution in [0.3, 0.4) is 0 Å². The summed E-state index contributed by atoms with van der Waals surface area (Å²) in [7, 11) is 1.68. The number of rotatable bonds is 2. The highest BCUT2D eigenvalue weighted by molar-refractivity contribution is 7.71. The van der Waals surface area contributed by atoms with Crippen molar-refractivity contribution in [3.8, 4) is 11.4 Å². The van der Waals surface area contributed by atoms with Crippen LogP contribution in [0.5, 0.6) is 5.75 Å². The fourth-order valence-corrected chi connectivity index (χ4v) is 2.75. The van der Waals surface area contributed by atoms with Gasteiger partial charge in [0.25, 0.3) is 0 Å². The average molecular weight is 284 g/mol. The lowest BCUT2D eigenvalue weighted by Gasteiger charge is -2.11. The van der Waals surface area contributed by atoms with Crippen LogP contribution >= 0.6 is 12.2 Å². The van der Waals surface area contributed by atoms with Gasteiger partial charge < -0.3 is 9.72 Å². The average Bonchev–Trinajstić information content (AvgIpc) is 2.73. The Kier molecular flexibility index (Phi) is 3.10. The van der Waals surface area contributed by atoms with Crippen LogP contribution in [0, 0.1) is 18.6 Å². The molecule has 20 heavy (non-hydrogen) atoms. The third-order valence-corrected chi connectivity index (χ3v) is 3.70. The van der Waals surface area contributed by atoms with E-state index in [2.05, 4.69) is 43.1 Å². The minimum atomic E-state index is 0.675. The molecule has 0 aliphatic heterocycles. The Bertz CT molecular complexity index is 845. The van der Waals surface area contributed by atoms with Gasteiger partial charge in [0, 0.05) is 0 Å². The number of nitrogens with one attached hydrogen (secondary N) is 1. The lowest BCUT2D eigenvalue weighted by molar-refractivity contribution is 0.413. The third-order valence-electron chi connectivity index (χ3n) is 3.41. The molecule has 1 aromatic heterocycles. The second-order valence-corrected chi connectivity index (χ2v) is 5.35. The number of imidazole rings is 1. The van der Waals surface area contributed by atoms with Gasteiger partial charge in [-0.15, -0.1) is 0 Å². The van der Waals surface area contributed by atoms with Crippen molar-refractivity contribution in [2.75, 3.05) is 7.11 Å². The number of aromatic nitrogens is 2. The summed E-state index contributed by atoms with van der Waals surface area (Å²) < 4.78 is 8.17. The summed E-state index contributed by atoms with van der Waals surface area (Å²) in [5.41, 5.74) is 5.44. The summed E-state index contributed by atoms with van der Waals surface area (Å²) in [5.74, 6) is 0.813. The Balaban J connectivity index is 2.37. The smallest absolute Gasteiger partial charge is 0.182 e. The van der Waals surface area contributed by atoms with E-state index in [1.165, 1.54) is 11.1 Å². The molecule has 0 saturated carbocycles. The Hall–Kier alpha value is -2.07. The molecule has 0 radical (unpaired) electrons. The molecule has 0 fully saturated rings. The van der Waals surface area contributed by atoms with E-state index in [0.29, 0.717) is 4.77 Å². The SMILES string of the molecule is COc1ccc(C)cc1-n1c(=S)[nH]c2cc(C)ccc21. The Morgan fingerprint density at radius 1 is 1.05 bits per heavy atom. The van der Waals surface area contributed by atoms with Gasteiger partial charge in [-0.2, -0.15) is 0 Å². The van der Waals surface area contributed by atoms with Gasteiger partial charge >= 0.3 is 0 Å². The van der Waals surface area contributed by atoms with Crippen molar-refractivity contribution in [1.29, 1.82) is 0 Å². The minimum Gasteiger partial charge on any atom is -0.495 e. The van der Waals surface area contributed by atoms with Gasteiger partial charge in [0.15, 0.2) is 4.77 Å². The first-order valence-electron chi connectivity index (χ1n) is 6.46. The number of aryl methyl sites for hydroxylation is 2. The van der Waals surface area contributed by atoms with Crippen LogP contribution in [0.2, 0.25) is 0 Å². The first-order chi connectivity index (χ1) is 9.60. The molecule has 1 N–H and O–H groups in total. The summed E-state index contributed by atoms with van der Waals surface area (Å²) in [4.78, 5) is 3.26. The monoisotopic (exact) mass is 284 g/mol. The van der Waals surface area contributed by atoms with Crippen molar-refractivity contribution in [2.24, 2.45) is 0 Å². The number of aromatic amines is 1. The second-order valence-electron chi connectivity index (χ2n) is 4.96. The topological polar surface area (TPSA) is 29.9 Å². The number of ether oxygens (including phenoxy) is 1. The van der Waals surface area contributed by atoms with E-state index >= 15 is 0 Å². The van der Waals surface area contributed by atoms with Gasteiger partial charge in [-0.1, -0.05) is 12.1 Å². The molecule has 3 rings (SSSR count). The van der Waals surface area contributed by atoms with E-state index in [1.54, 1.807) is 7.11 Å². The molecule has 3 nitrogen and oxygen atoms in total. The molecule has 0 saturated heterocycles. The molecular weight excluding hydrogens is 268 g/mol. The molecular formula is C16H16N2OS. The normalized spacial score (nSPS) is 10.9. The number of nitrogens with zero attached hydrogens (tertiary/aromatic N) is 1. The number of H-pyrrole nitrogens is 1. The first-order valence-corrected chi connectivity index (χ1v) is 6.87. The molecule has 0 aliphatic carbocycles. The maximum atomic E-state index is 5.48. The number of hydrogen-bond donors (Lipinski definition) is 1. The van der Waals surface area contributed by atoms with Crippen molar-refractivity contribution < 1.29 is 4.74 Å². The van der Waals surface area contributed by atoms with Crippen molar-refractivity contribution in [3.05, 3.63) is 52.3 Å². The highest BCUT2D eigenvalue weighted by Gasteiger charge is 2.11. The lowest BCUT2D eigenvalue weighted by atomic mass is 10.2. The van der Waals surface area contributed by atoms with Gasteiger partial charge in [0.2, 0.25) is 0 Å². The molecule has 0 atom stereocenters. The largest absolute Gasteiger partial charge is 0.495 e. The molecule has 0 bridgehead atoms.